The topological polar surface area (TPSA) is 115 Å². The molecule has 1 fully saturated rings. The lowest BCUT2D eigenvalue weighted by molar-refractivity contribution is -0.151. The average Bonchev–Trinajstić information content (AvgIpc) is 3.77. The number of ether oxygens (including phenoxy) is 1. The minimum atomic E-state index is -3.54. The molecule has 3 aliphatic heterocycles. The van der Waals surface area contributed by atoms with Crippen LogP contribution in [-0.4, -0.2) is 59.9 Å². The molecule has 0 aliphatic carbocycles. The van der Waals surface area contributed by atoms with Gasteiger partial charge in [0.15, 0.2) is 5.60 Å². The van der Waals surface area contributed by atoms with Crippen molar-refractivity contribution < 1.29 is 28.3 Å². The van der Waals surface area contributed by atoms with Crippen LogP contribution in [0.4, 0.5) is 15.5 Å². The standard InChI is InChI=1S/C43H44BrFN4O5Si/c1-26-41(55(2,3)45)38(21-40(52)48-24-29-11-5-4-10-28(29)18-33(48)25-50)54-43(26)35-20-31(44)15-16-37(35)49(42(43)53)23-27-9-8-12-32(17-27)47-39(51)19-30-22-46-36-14-7-6-13-34(30)36/h4-17,20,22,26,33,38,41,46,50H,18-19,21,23-25H2,1-3H3,(H,47,51)/t26-,33+,38+,41-,43+/m1/s1. The van der Waals surface area contributed by atoms with E-state index in [0.29, 0.717) is 29.9 Å². The molecule has 0 bridgehead atoms. The number of nitrogens with zero attached hydrogens (tertiary/aromatic N) is 2. The number of rotatable bonds is 9. The number of hydrogen-bond donors (Lipinski definition) is 3. The SMILES string of the molecule is C[C@@H]1[C@@H]([Si](C)(C)F)[C@H](CC(=O)N2Cc3ccccc3C[C@H]2CO)O[C@@]12C(=O)N(Cc1cccc(NC(=O)Cc3c[nH]c4ccccc34)c1)c1ccc(Br)cc12. The number of halogens is 2. The first-order valence-corrected chi connectivity index (χ1v) is 22.5. The number of benzene rings is 4. The Labute approximate surface area is 329 Å². The summed E-state index contributed by atoms with van der Waals surface area (Å²) < 4.78 is 24.2. The van der Waals surface area contributed by atoms with E-state index in [2.05, 4.69) is 26.2 Å². The van der Waals surface area contributed by atoms with Crippen molar-refractivity contribution in [2.24, 2.45) is 5.92 Å². The zero-order valence-electron chi connectivity index (χ0n) is 31.0. The van der Waals surface area contributed by atoms with Gasteiger partial charge in [0.2, 0.25) is 20.2 Å². The van der Waals surface area contributed by atoms with Crippen LogP contribution in [0.2, 0.25) is 18.6 Å². The maximum absolute atomic E-state index is 16.6. The molecule has 55 heavy (non-hydrogen) atoms. The Hall–Kier alpha value is -4.62. The van der Waals surface area contributed by atoms with Gasteiger partial charge in [-0.15, -0.1) is 0 Å². The largest absolute Gasteiger partial charge is 0.394 e. The molecule has 284 valence electrons. The Balaban J connectivity index is 1.05. The van der Waals surface area contributed by atoms with Crippen molar-refractivity contribution in [1.29, 1.82) is 0 Å². The summed E-state index contributed by atoms with van der Waals surface area (Å²) in [6, 6.07) is 28.4. The number of carbonyl (C=O) groups excluding carboxylic acids is 3. The Kier molecular flexibility index (Phi) is 9.81. The third-order valence-electron chi connectivity index (χ3n) is 11.8. The summed E-state index contributed by atoms with van der Waals surface area (Å²) in [6.45, 7) is 5.47. The average molecular weight is 824 g/mol. The van der Waals surface area contributed by atoms with Crippen LogP contribution >= 0.6 is 15.9 Å². The molecule has 5 atom stereocenters. The summed E-state index contributed by atoms with van der Waals surface area (Å²) in [5.74, 6) is -1.27. The lowest BCUT2D eigenvalue weighted by Gasteiger charge is -2.37. The molecule has 8 rings (SSSR count). The van der Waals surface area contributed by atoms with Gasteiger partial charge < -0.3 is 34.1 Å². The number of fused-ring (bicyclic) bond motifs is 4. The molecule has 0 radical (unpaired) electrons. The zero-order chi connectivity index (χ0) is 38.6. The third kappa shape index (κ3) is 6.72. The number of anilines is 2. The van der Waals surface area contributed by atoms with Crippen LogP contribution in [0.3, 0.4) is 0 Å². The van der Waals surface area contributed by atoms with E-state index >= 15 is 4.11 Å². The second-order valence-corrected chi connectivity index (χ2v) is 20.4. The van der Waals surface area contributed by atoms with Gasteiger partial charge in [-0.25, -0.2) is 0 Å². The predicted octanol–water partition coefficient (Wildman–Crippen LogP) is 7.77. The van der Waals surface area contributed by atoms with E-state index in [1.54, 1.807) is 22.9 Å². The highest BCUT2D eigenvalue weighted by molar-refractivity contribution is 9.10. The molecule has 5 aromatic rings. The van der Waals surface area contributed by atoms with Crippen molar-refractivity contribution in [1.82, 2.24) is 9.88 Å². The van der Waals surface area contributed by atoms with Crippen molar-refractivity contribution in [3.63, 3.8) is 0 Å². The highest BCUT2D eigenvalue weighted by atomic mass is 79.9. The van der Waals surface area contributed by atoms with Gasteiger partial charge in [0.25, 0.3) is 5.91 Å². The number of aliphatic hydroxyl groups excluding tert-OH is 1. The number of aromatic amines is 1. The quantitative estimate of drug-likeness (QED) is 0.104. The molecule has 3 aliphatic rings. The van der Waals surface area contributed by atoms with Crippen LogP contribution in [0, 0.1) is 5.92 Å². The molecule has 4 heterocycles. The van der Waals surface area contributed by atoms with E-state index in [-0.39, 0.29) is 43.7 Å². The molecule has 12 heteroatoms. The summed E-state index contributed by atoms with van der Waals surface area (Å²) in [5, 5.41) is 14.3. The maximum Gasteiger partial charge on any atom is 0.264 e. The van der Waals surface area contributed by atoms with Crippen LogP contribution < -0.4 is 10.2 Å². The third-order valence-corrected chi connectivity index (χ3v) is 14.7. The number of para-hydroxylation sites is 1. The van der Waals surface area contributed by atoms with Gasteiger partial charge in [-0.05, 0) is 78.2 Å². The Morgan fingerprint density at radius 2 is 1.80 bits per heavy atom. The molecular formula is C43H44BrFN4O5Si. The molecule has 9 nitrogen and oxygen atoms in total. The fraction of sp³-hybridized carbons (Fsp3) is 0.326. The summed E-state index contributed by atoms with van der Waals surface area (Å²) >= 11 is 3.60. The van der Waals surface area contributed by atoms with Crippen molar-refractivity contribution >= 4 is 64.3 Å². The van der Waals surface area contributed by atoms with E-state index in [1.165, 1.54) is 0 Å². The maximum atomic E-state index is 16.6. The highest BCUT2D eigenvalue weighted by Gasteiger charge is 2.67. The van der Waals surface area contributed by atoms with Crippen molar-refractivity contribution in [2.45, 2.75) is 75.7 Å². The molecule has 0 unspecified atom stereocenters. The summed E-state index contributed by atoms with van der Waals surface area (Å²) in [4.78, 5) is 48.9. The van der Waals surface area contributed by atoms with E-state index in [9.17, 15) is 19.5 Å². The van der Waals surface area contributed by atoms with E-state index < -0.39 is 37.6 Å². The minimum absolute atomic E-state index is 0.104. The van der Waals surface area contributed by atoms with Gasteiger partial charge in [0, 0.05) is 50.8 Å². The Morgan fingerprint density at radius 3 is 2.58 bits per heavy atom. The predicted molar refractivity (Wildman–Crippen MR) is 217 cm³/mol. The molecule has 1 spiro atoms. The number of hydrogen-bond acceptors (Lipinski definition) is 5. The first kappa shape index (κ1) is 37.3. The lowest BCUT2D eigenvalue weighted by atomic mass is 9.82. The molecule has 1 saturated heterocycles. The van der Waals surface area contributed by atoms with Gasteiger partial charge in [0.05, 0.1) is 43.8 Å². The first-order valence-electron chi connectivity index (χ1n) is 18.8. The van der Waals surface area contributed by atoms with Crippen LogP contribution in [-0.2, 0) is 50.7 Å². The molecule has 4 aromatic carbocycles. The summed E-state index contributed by atoms with van der Waals surface area (Å²) in [7, 11) is -3.54. The first-order chi connectivity index (χ1) is 26.4. The number of carbonyl (C=O) groups is 3. The van der Waals surface area contributed by atoms with E-state index in [4.69, 9.17) is 4.74 Å². The van der Waals surface area contributed by atoms with Crippen molar-refractivity contribution in [3.05, 3.63) is 129 Å². The zero-order valence-corrected chi connectivity index (χ0v) is 33.6. The van der Waals surface area contributed by atoms with Crippen molar-refractivity contribution in [2.75, 3.05) is 16.8 Å². The number of aliphatic hydroxyl groups is 1. The monoisotopic (exact) mass is 822 g/mol. The molecule has 3 N–H and O–H groups in total. The summed E-state index contributed by atoms with van der Waals surface area (Å²) in [5.41, 5.74) is 4.52. The van der Waals surface area contributed by atoms with E-state index in [1.807, 2.05) is 104 Å². The molecule has 0 saturated carbocycles. The van der Waals surface area contributed by atoms with Gasteiger partial charge >= 0.3 is 0 Å². The fourth-order valence-electron chi connectivity index (χ4n) is 9.29. The minimum Gasteiger partial charge on any atom is -0.394 e. The smallest absolute Gasteiger partial charge is 0.264 e. The molecule has 3 amide bonds. The number of amides is 3. The van der Waals surface area contributed by atoms with Crippen LogP contribution in [0.5, 0.6) is 0 Å². The number of nitrogens with one attached hydrogen (secondary N) is 2. The van der Waals surface area contributed by atoms with Crippen molar-refractivity contribution in [3.8, 4) is 0 Å². The van der Waals surface area contributed by atoms with Gasteiger partial charge in [-0.3, -0.25) is 14.4 Å². The second kappa shape index (κ2) is 14.5. The normalized spacial score (nSPS) is 23.3. The summed E-state index contributed by atoms with van der Waals surface area (Å²) in [6.07, 6.45) is 1.63. The second-order valence-electron chi connectivity index (χ2n) is 15.6. The van der Waals surface area contributed by atoms with Gasteiger partial charge in [-0.2, -0.15) is 0 Å². The number of H-pyrrole nitrogens is 1. The number of aromatic nitrogens is 1. The lowest BCUT2D eigenvalue weighted by Crippen LogP contribution is -2.48. The van der Waals surface area contributed by atoms with Crippen LogP contribution in [0.25, 0.3) is 10.9 Å². The fourth-order valence-corrected chi connectivity index (χ4v) is 12.1. The highest BCUT2D eigenvalue weighted by Crippen LogP contribution is 2.60. The molecule has 1 aromatic heterocycles. The van der Waals surface area contributed by atoms with Crippen LogP contribution in [0.1, 0.15) is 41.2 Å². The van der Waals surface area contributed by atoms with Gasteiger partial charge in [0.1, 0.15) is 0 Å². The van der Waals surface area contributed by atoms with E-state index in [0.717, 1.165) is 37.6 Å². The Bertz CT molecular complexity index is 2310. The molecular weight excluding hydrogens is 779 g/mol. The Morgan fingerprint density at radius 1 is 1.04 bits per heavy atom. The van der Waals surface area contributed by atoms with Gasteiger partial charge in [-0.1, -0.05) is 77.5 Å². The van der Waals surface area contributed by atoms with Crippen LogP contribution in [0.15, 0.2) is 102 Å².